The quantitative estimate of drug-likeness (QED) is 0.700. The molecule has 0 aliphatic heterocycles. The second kappa shape index (κ2) is 3.89. The Morgan fingerprint density at radius 2 is 1.87 bits per heavy atom. The van der Waals surface area contributed by atoms with Crippen LogP contribution in [0.1, 0.15) is 12.0 Å². The molecular formula is C10H11BF3O-. The minimum atomic E-state index is -4.71. The largest absolute Gasteiger partial charge is 0.483 e. The zero-order valence-electron chi connectivity index (χ0n) is 8.08. The molecule has 1 fully saturated rings. The van der Waals surface area contributed by atoms with Crippen molar-refractivity contribution in [3.05, 3.63) is 35.9 Å². The van der Waals surface area contributed by atoms with Gasteiger partial charge in [0, 0.05) is 6.10 Å². The van der Waals surface area contributed by atoms with Crippen LogP contribution in [-0.4, -0.2) is 13.1 Å². The first-order chi connectivity index (χ1) is 7.07. The highest BCUT2D eigenvalue weighted by Gasteiger charge is 2.51. The number of halogens is 3. The molecule has 0 radical (unpaired) electrons. The number of ether oxygens (including phenoxy) is 1. The van der Waals surface area contributed by atoms with Crippen molar-refractivity contribution >= 4 is 6.98 Å². The summed E-state index contributed by atoms with van der Waals surface area (Å²) in [6, 6.07) is 9.24. The Morgan fingerprint density at radius 1 is 1.20 bits per heavy atom. The molecule has 2 rings (SSSR count). The summed E-state index contributed by atoms with van der Waals surface area (Å²) in [4.78, 5) is 0. The minimum absolute atomic E-state index is 0.135. The van der Waals surface area contributed by atoms with E-state index < -0.39 is 18.9 Å². The van der Waals surface area contributed by atoms with E-state index in [0.717, 1.165) is 5.56 Å². The fourth-order valence-corrected chi connectivity index (χ4v) is 1.56. The maximum absolute atomic E-state index is 12.2. The van der Waals surface area contributed by atoms with Crippen LogP contribution in [0.2, 0.25) is 5.82 Å². The van der Waals surface area contributed by atoms with E-state index in [1.807, 2.05) is 30.3 Å². The summed E-state index contributed by atoms with van der Waals surface area (Å²) in [5.41, 5.74) is 0.915. The maximum atomic E-state index is 12.2. The van der Waals surface area contributed by atoms with E-state index in [1.54, 1.807) is 0 Å². The highest BCUT2D eigenvalue weighted by molar-refractivity contribution is 6.61. The minimum Gasteiger partial charge on any atom is -0.449 e. The van der Waals surface area contributed by atoms with Gasteiger partial charge in [0.2, 0.25) is 0 Å². The molecule has 1 saturated carbocycles. The lowest BCUT2D eigenvalue weighted by molar-refractivity contribution is 0.103. The van der Waals surface area contributed by atoms with Gasteiger partial charge in [0.25, 0.3) is 0 Å². The second-order valence-corrected chi connectivity index (χ2v) is 3.86. The Balaban J connectivity index is 1.78. The molecule has 0 saturated heterocycles. The predicted octanol–water partition coefficient (Wildman–Crippen LogP) is 3.19. The SMILES string of the molecule is F[B-](F)(F)[C@@H]1C[C@@H]1OCc1ccccc1. The molecule has 0 bridgehead atoms. The monoisotopic (exact) mass is 215 g/mol. The Morgan fingerprint density at radius 3 is 2.40 bits per heavy atom. The van der Waals surface area contributed by atoms with Crippen LogP contribution in [0, 0.1) is 0 Å². The zero-order valence-corrected chi connectivity index (χ0v) is 8.08. The van der Waals surface area contributed by atoms with E-state index in [-0.39, 0.29) is 13.0 Å². The summed E-state index contributed by atoms with van der Waals surface area (Å²) in [5.74, 6) is -1.19. The first kappa shape index (κ1) is 10.5. The average Bonchev–Trinajstić information content (AvgIpc) is 2.95. The van der Waals surface area contributed by atoms with Gasteiger partial charge in [0.15, 0.2) is 0 Å². The lowest BCUT2D eigenvalue weighted by atomic mass is 9.83. The lowest BCUT2D eigenvalue weighted by Crippen LogP contribution is -2.17. The standard InChI is InChI=1S/C10H11BF3O/c12-11(13,14)9-6-10(9)15-7-8-4-2-1-3-5-8/h1-5,9-10H,6-7H2/q-1/t9-,10+/m1/s1. The van der Waals surface area contributed by atoms with Crippen LogP contribution in [-0.2, 0) is 11.3 Å². The van der Waals surface area contributed by atoms with Crippen LogP contribution in [0.4, 0.5) is 12.9 Å². The molecule has 0 amide bonds. The van der Waals surface area contributed by atoms with Gasteiger partial charge >= 0.3 is 6.98 Å². The van der Waals surface area contributed by atoms with Gasteiger partial charge in [-0.1, -0.05) is 30.3 Å². The third kappa shape index (κ3) is 2.75. The van der Waals surface area contributed by atoms with Crippen LogP contribution in [0.3, 0.4) is 0 Å². The topological polar surface area (TPSA) is 9.23 Å². The van der Waals surface area contributed by atoms with Crippen molar-refractivity contribution in [3.63, 3.8) is 0 Å². The number of benzene rings is 1. The van der Waals surface area contributed by atoms with Crippen LogP contribution in [0.15, 0.2) is 30.3 Å². The van der Waals surface area contributed by atoms with Gasteiger partial charge in [-0.25, -0.2) is 0 Å². The van der Waals surface area contributed by atoms with Gasteiger partial charge in [0.1, 0.15) is 0 Å². The number of rotatable bonds is 4. The van der Waals surface area contributed by atoms with E-state index in [2.05, 4.69) is 0 Å². The normalized spacial score (nSPS) is 25.3. The molecule has 15 heavy (non-hydrogen) atoms. The van der Waals surface area contributed by atoms with Gasteiger partial charge in [-0.05, 0) is 17.8 Å². The third-order valence-electron chi connectivity index (χ3n) is 2.57. The van der Waals surface area contributed by atoms with Gasteiger partial charge in [-0.15, -0.1) is 0 Å². The number of hydrogen-bond acceptors (Lipinski definition) is 1. The lowest BCUT2D eigenvalue weighted by Gasteiger charge is -2.12. The molecule has 0 aromatic heterocycles. The molecule has 1 aromatic carbocycles. The van der Waals surface area contributed by atoms with E-state index in [0.29, 0.717) is 0 Å². The Labute approximate surface area is 86.3 Å². The summed E-state index contributed by atoms with van der Waals surface area (Å²) < 4.78 is 41.8. The molecule has 1 nitrogen and oxygen atoms in total. The van der Waals surface area contributed by atoms with Crippen LogP contribution in [0.25, 0.3) is 0 Å². The van der Waals surface area contributed by atoms with Crippen molar-refractivity contribution in [2.75, 3.05) is 0 Å². The molecule has 0 unspecified atom stereocenters. The predicted molar refractivity (Wildman–Crippen MR) is 52.5 cm³/mol. The maximum Gasteiger partial charge on any atom is 0.483 e. The molecule has 0 spiro atoms. The molecule has 1 aliphatic rings. The molecule has 1 aromatic rings. The average molecular weight is 215 g/mol. The smallest absolute Gasteiger partial charge is 0.449 e. The van der Waals surface area contributed by atoms with Crippen molar-refractivity contribution in [3.8, 4) is 0 Å². The fourth-order valence-electron chi connectivity index (χ4n) is 1.56. The van der Waals surface area contributed by atoms with Gasteiger partial charge < -0.3 is 17.7 Å². The van der Waals surface area contributed by atoms with Gasteiger partial charge in [-0.3, -0.25) is 0 Å². The van der Waals surface area contributed by atoms with E-state index in [1.165, 1.54) is 0 Å². The molecular weight excluding hydrogens is 204 g/mol. The van der Waals surface area contributed by atoms with Crippen LogP contribution in [0.5, 0.6) is 0 Å². The highest BCUT2D eigenvalue weighted by Crippen LogP contribution is 2.49. The molecule has 5 heteroatoms. The van der Waals surface area contributed by atoms with E-state index in [4.69, 9.17) is 4.74 Å². The molecule has 82 valence electrons. The second-order valence-electron chi connectivity index (χ2n) is 3.86. The van der Waals surface area contributed by atoms with Crippen LogP contribution < -0.4 is 0 Å². The molecule has 0 heterocycles. The molecule has 1 aliphatic carbocycles. The Kier molecular flexibility index (Phi) is 2.73. The van der Waals surface area contributed by atoms with Crippen molar-refractivity contribution in [1.29, 1.82) is 0 Å². The van der Waals surface area contributed by atoms with Crippen molar-refractivity contribution in [1.82, 2.24) is 0 Å². The Bertz CT molecular complexity index is 325. The van der Waals surface area contributed by atoms with E-state index in [9.17, 15) is 12.9 Å². The number of hydrogen-bond donors (Lipinski definition) is 0. The zero-order chi connectivity index (χ0) is 10.9. The van der Waals surface area contributed by atoms with Crippen molar-refractivity contribution < 1.29 is 17.7 Å². The molecule has 2 atom stereocenters. The van der Waals surface area contributed by atoms with Crippen molar-refractivity contribution in [2.24, 2.45) is 0 Å². The first-order valence-electron chi connectivity index (χ1n) is 4.93. The summed E-state index contributed by atoms with van der Waals surface area (Å²) in [7, 11) is 0. The van der Waals surface area contributed by atoms with Gasteiger partial charge in [0.05, 0.1) is 6.61 Å². The molecule has 0 N–H and O–H groups in total. The first-order valence-corrected chi connectivity index (χ1v) is 4.93. The summed E-state index contributed by atoms with van der Waals surface area (Å²) in [6.07, 6.45) is -0.471. The van der Waals surface area contributed by atoms with Crippen LogP contribution >= 0.6 is 0 Å². The summed E-state index contributed by atoms with van der Waals surface area (Å²) in [5, 5.41) is 0. The third-order valence-corrected chi connectivity index (χ3v) is 2.57. The highest BCUT2D eigenvalue weighted by atomic mass is 19.4. The summed E-state index contributed by atoms with van der Waals surface area (Å²) in [6.45, 7) is -4.43. The van der Waals surface area contributed by atoms with Crippen molar-refractivity contribution in [2.45, 2.75) is 24.9 Å². The summed E-state index contributed by atoms with van der Waals surface area (Å²) >= 11 is 0. The van der Waals surface area contributed by atoms with E-state index >= 15 is 0 Å². The fraction of sp³-hybridized carbons (Fsp3) is 0.400. The van der Waals surface area contributed by atoms with Gasteiger partial charge in [-0.2, -0.15) is 0 Å². The Hall–Kier alpha value is -0.965.